The van der Waals surface area contributed by atoms with Crippen LogP contribution in [0.15, 0.2) is 0 Å². The zero-order chi connectivity index (χ0) is 8.55. The predicted octanol–water partition coefficient (Wildman–Crippen LogP) is 2.80. The van der Waals surface area contributed by atoms with E-state index >= 15 is 0 Å². The van der Waals surface area contributed by atoms with E-state index in [-0.39, 0.29) is 0 Å². The van der Waals surface area contributed by atoms with Gasteiger partial charge in [-0.15, -0.1) is 0 Å². The molecule has 0 N–H and O–H groups in total. The summed E-state index contributed by atoms with van der Waals surface area (Å²) in [5.41, 5.74) is 0. The van der Waals surface area contributed by atoms with E-state index in [9.17, 15) is 0 Å². The standard InChI is InChI=1S/C11H21N/c1-3-10-8-7-9(2)12(10)11-5-4-6-11/h9-11H,3-8H2,1-2H3. The van der Waals surface area contributed by atoms with Gasteiger partial charge >= 0.3 is 0 Å². The Balaban J connectivity index is 1.98. The van der Waals surface area contributed by atoms with Gasteiger partial charge in [0.15, 0.2) is 0 Å². The van der Waals surface area contributed by atoms with Crippen molar-refractivity contribution >= 4 is 0 Å². The van der Waals surface area contributed by atoms with E-state index < -0.39 is 0 Å². The van der Waals surface area contributed by atoms with Gasteiger partial charge in [-0.3, -0.25) is 4.90 Å². The smallest absolute Gasteiger partial charge is 0.0101 e. The van der Waals surface area contributed by atoms with Crippen molar-refractivity contribution in [2.24, 2.45) is 0 Å². The Morgan fingerprint density at radius 3 is 2.42 bits per heavy atom. The van der Waals surface area contributed by atoms with Crippen molar-refractivity contribution in [1.82, 2.24) is 4.90 Å². The lowest BCUT2D eigenvalue weighted by atomic mass is 9.90. The Bertz CT molecular complexity index is 151. The molecule has 2 atom stereocenters. The molecule has 12 heavy (non-hydrogen) atoms. The SMILES string of the molecule is CCC1CCC(C)N1C1CCC1. The molecular weight excluding hydrogens is 146 g/mol. The van der Waals surface area contributed by atoms with Crippen molar-refractivity contribution in [1.29, 1.82) is 0 Å². The largest absolute Gasteiger partial charge is 0.295 e. The molecule has 70 valence electrons. The van der Waals surface area contributed by atoms with Crippen LogP contribution in [-0.4, -0.2) is 23.0 Å². The predicted molar refractivity (Wildman–Crippen MR) is 52.3 cm³/mol. The first-order chi connectivity index (χ1) is 5.83. The van der Waals surface area contributed by atoms with Crippen molar-refractivity contribution in [3.8, 4) is 0 Å². The third-order valence-electron chi connectivity index (χ3n) is 3.82. The van der Waals surface area contributed by atoms with Crippen LogP contribution in [0.3, 0.4) is 0 Å². The summed E-state index contributed by atoms with van der Waals surface area (Å²) in [6, 6.07) is 2.76. The van der Waals surface area contributed by atoms with E-state index in [2.05, 4.69) is 18.7 Å². The lowest BCUT2D eigenvalue weighted by Crippen LogP contribution is -2.46. The summed E-state index contributed by atoms with van der Waals surface area (Å²) in [5.74, 6) is 0. The molecule has 0 aromatic rings. The molecule has 0 spiro atoms. The zero-order valence-electron chi connectivity index (χ0n) is 8.42. The van der Waals surface area contributed by atoms with Crippen LogP contribution in [0.25, 0.3) is 0 Å². The van der Waals surface area contributed by atoms with Gasteiger partial charge in [0, 0.05) is 18.1 Å². The Hall–Kier alpha value is -0.0400. The minimum atomic E-state index is 0.875. The van der Waals surface area contributed by atoms with Crippen molar-refractivity contribution in [3.63, 3.8) is 0 Å². The molecule has 2 rings (SSSR count). The Morgan fingerprint density at radius 2 is 1.92 bits per heavy atom. The van der Waals surface area contributed by atoms with E-state index in [1.165, 1.54) is 38.5 Å². The maximum absolute atomic E-state index is 2.81. The second-order valence-corrected chi connectivity index (χ2v) is 4.52. The summed E-state index contributed by atoms with van der Waals surface area (Å²) in [5, 5.41) is 0. The molecule has 1 saturated carbocycles. The number of rotatable bonds is 2. The van der Waals surface area contributed by atoms with Crippen LogP contribution in [-0.2, 0) is 0 Å². The second-order valence-electron chi connectivity index (χ2n) is 4.52. The van der Waals surface area contributed by atoms with Gasteiger partial charge in [0.2, 0.25) is 0 Å². The van der Waals surface area contributed by atoms with Crippen molar-refractivity contribution in [2.75, 3.05) is 0 Å². The first-order valence-electron chi connectivity index (χ1n) is 5.60. The van der Waals surface area contributed by atoms with Gasteiger partial charge in [0.05, 0.1) is 0 Å². The van der Waals surface area contributed by atoms with Crippen molar-refractivity contribution in [3.05, 3.63) is 0 Å². The van der Waals surface area contributed by atoms with Crippen LogP contribution in [0.4, 0.5) is 0 Å². The Kier molecular flexibility index (Phi) is 2.40. The number of nitrogens with zero attached hydrogens (tertiary/aromatic N) is 1. The maximum Gasteiger partial charge on any atom is 0.0101 e. The van der Waals surface area contributed by atoms with Crippen LogP contribution in [0.2, 0.25) is 0 Å². The topological polar surface area (TPSA) is 3.24 Å². The van der Waals surface area contributed by atoms with Crippen LogP contribution >= 0.6 is 0 Å². The van der Waals surface area contributed by atoms with Crippen LogP contribution in [0.5, 0.6) is 0 Å². The summed E-state index contributed by atoms with van der Waals surface area (Å²) in [6.45, 7) is 4.75. The van der Waals surface area contributed by atoms with E-state index in [1.807, 2.05) is 0 Å². The zero-order valence-corrected chi connectivity index (χ0v) is 8.42. The van der Waals surface area contributed by atoms with Crippen molar-refractivity contribution in [2.45, 2.75) is 70.5 Å². The molecule has 1 heteroatoms. The van der Waals surface area contributed by atoms with Gasteiger partial charge in [0.25, 0.3) is 0 Å². The number of likely N-dealkylation sites (tertiary alicyclic amines) is 1. The normalized spacial score (nSPS) is 38.5. The minimum absolute atomic E-state index is 0.875. The number of hydrogen-bond acceptors (Lipinski definition) is 1. The molecule has 1 heterocycles. The molecule has 1 aliphatic heterocycles. The summed E-state index contributed by atoms with van der Waals surface area (Å²) in [6.07, 6.45) is 8.68. The summed E-state index contributed by atoms with van der Waals surface area (Å²) < 4.78 is 0. The van der Waals surface area contributed by atoms with Gasteiger partial charge in [-0.05, 0) is 39.0 Å². The average molecular weight is 167 g/mol. The lowest BCUT2D eigenvalue weighted by Gasteiger charge is -2.41. The fourth-order valence-electron chi connectivity index (χ4n) is 2.85. The van der Waals surface area contributed by atoms with Crippen molar-refractivity contribution < 1.29 is 0 Å². The number of hydrogen-bond donors (Lipinski definition) is 0. The van der Waals surface area contributed by atoms with Gasteiger partial charge in [-0.2, -0.15) is 0 Å². The fourth-order valence-corrected chi connectivity index (χ4v) is 2.85. The monoisotopic (exact) mass is 167 g/mol. The quantitative estimate of drug-likeness (QED) is 0.611. The molecule has 2 aliphatic rings. The second kappa shape index (κ2) is 3.37. The molecule has 0 radical (unpaired) electrons. The Labute approximate surface area is 76.1 Å². The highest BCUT2D eigenvalue weighted by atomic mass is 15.2. The highest BCUT2D eigenvalue weighted by molar-refractivity contribution is 4.92. The lowest BCUT2D eigenvalue weighted by molar-refractivity contribution is 0.0788. The highest BCUT2D eigenvalue weighted by Gasteiger charge is 2.36. The van der Waals surface area contributed by atoms with Gasteiger partial charge in [-0.25, -0.2) is 0 Å². The summed E-state index contributed by atoms with van der Waals surface area (Å²) in [4.78, 5) is 2.81. The molecule has 2 unspecified atom stereocenters. The average Bonchev–Trinajstić information content (AvgIpc) is 2.30. The molecular formula is C11H21N. The highest BCUT2D eigenvalue weighted by Crippen LogP contribution is 2.35. The third kappa shape index (κ3) is 1.28. The first kappa shape index (κ1) is 8.55. The summed E-state index contributed by atoms with van der Waals surface area (Å²) >= 11 is 0. The first-order valence-corrected chi connectivity index (χ1v) is 5.60. The fraction of sp³-hybridized carbons (Fsp3) is 1.00. The molecule has 0 aromatic heterocycles. The minimum Gasteiger partial charge on any atom is -0.295 e. The molecule has 1 saturated heterocycles. The maximum atomic E-state index is 2.81. The van der Waals surface area contributed by atoms with E-state index in [1.54, 1.807) is 0 Å². The van der Waals surface area contributed by atoms with E-state index in [0.717, 1.165) is 18.1 Å². The molecule has 1 nitrogen and oxygen atoms in total. The van der Waals surface area contributed by atoms with E-state index in [4.69, 9.17) is 0 Å². The molecule has 0 aromatic carbocycles. The van der Waals surface area contributed by atoms with Gasteiger partial charge < -0.3 is 0 Å². The van der Waals surface area contributed by atoms with Crippen LogP contribution in [0.1, 0.15) is 52.4 Å². The van der Waals surface area contributed by atoms with Crippen LogP contribution in [0, 0.1) is 0 Å². The molecule has 2 fully saturated rings. The van der Waals surface area contributed by atoms with E-state index in [0.29, 0.717) is 0 Å². The van der Waals surface area contributed by atoms with Gasteiger partial charge in [-0.1, -0.05) is 13.3 Å². The molecule has 0 amide bonds. The molecule has 0 bridgehead atoms. The summed E-state index contributed by atoms with van der Waals surface area (Å²) in [7, 11) is 0. The third-order valence-corrected chi connectivity index (χ3v) is 3.82. The van der Waals surface area contributed by atoms with Gasteiger partial charge in [0.1, 0.15) is 0 Å². The molecule has 1 aliphatic carbocycles. The Morgan fingerprint density at radius 1 is 1.17 bits per heavy atom. The van der Waals surface area contributed by atoms with Crippen LogP contribution < -0.4 is 0 Å².